The van der Waals surface area contributed by atoms with Crippen molar-refractivity contribution in [1.82, 2.24) is 14.5 Å². The number of aromatic nitrogens is 3. The Morgan fingerprint density at radius 3 is 2.55 bits per heavy atom. The summed E-state index contributed by atoms with van der Waals surface area (Å²) in [5, 5.41) is 6.87. The normalized spacial score (nSPS) is 18.1. The maximum atomic E-state index is 12.9. The fourth-order valence-electron chi connectivity index (χ4n) is 5.02. The summed E-state index contributed by atoms with van der Waals surface area (Å²) < 4.78 is 39.7. The van der Waals surface area contributed by atoms with Crippen LogP contribution in [0.3, 0.4) is 0 Å². The summed E-state index contributed by atoms with van der Waals surface area (Å²) in [6.45, 7) is 5.40. The number of hydrogen-bond acceptors (Lipinski definition) is 8. The molecule has 9 nitrogen and oxygen atoms in total. The number of benzene rings is 1. The lowest BCUT2D eigenvalue weighted by Crippen LogP contribution is -2.19. The van der Waals surface area contributed by atoms with E-state index in [9.17, 15) is 8.42 Å². The number of ether oxygens (including phenoxy) is 1. The zero-order chi connectivity index (χ0) is 26.4. The molecule has 1 unspecified atom stereocenters. The van der Waals surface area contributed by atoms with Crippen LogP contribution in [0, 0.1) is 19.8 Å². The number of nitrogens with zero attached hydrogens (tertiary/aromatic N) is 3. The smallest absolute Gasteiger partial charge is 0.177 e. The van der Waals surface area contributed by atoms with Crippen molar-refractivity contribution in [3.63, 3.8) is 0 Å². The molecule has 4 aromatic rings. The highest BCUT2D eigenvalue weighted by molar-refractivity contribution is 7.90. The molecule has 10 heteroatoms. The van der Waals surface area contributed by atoms with Gasteiger partial charge in [0.25, 0.3) is 0 Å². The minimum atomic E-state index is -3.55. The van der Waals surface area contributed by atoms with Crippen molar-refractivity contribution in [3.05, 3.63) is 48.0 Å². The van der Waals surface area contributed by atoms with Crippen molar-refractivity contribution in [2.75, 3.05) is 30.0 Å². The Morgan fingerprint density at radius 2 is 1.87 bits per heavy atom. The van der Waals surface area contributed by atoms with Crippen LogP contribution in [-0.4, -0.2) is 42.4 Å². The largest absolute Gasteiger partial charge is 0.461 e. The number of aryl methyl sites for hydroxylation is 2. The maximum absolute atomic E-state index is 12.9. The van der Waals surface area contributed by atoms with Gasteiger partial charge in [0.05, 0.1) is 16.3 Å². The summed E-state index contributed by atoms with van der Waals surface area (Å²) in [7, 11) is -3.55. The molecule has 38 heavy (non-hydrogen) atoms. The third kappa shape index (κ3) is 5.02. The second-order valence-electron chi connectivity index (χ2n) is 10.4. The number of nitrogens with one attached hydrogen (secondary N) is 2. The Labute approximate surface area is 222 Å². The SMILES string of the molecule is Cc1ccc(-c2ccc(Nc3cc(NCC4CC4)nc4c3nc(C)n4C3CCCCO3)c(S(C)(=O)=O)c2)o1. The van der Waals surface area contributed by atoms with E-state index in [1.54, 1.807) is 12.1 Å². The highest BCUT2D eigenvalue weighted by atomic mass is 32.2. The molecule has 1 atom stereocenters. The van der Waals surface area contributed by atoms with Gasteiger partial charge in [0.2, 0.25) is 0 Å². The molecule has 4 heterocycles. The molecule has 0 bridgehead atoms. The van der Waals surface area contributed by atoms with Gasteiger partial charge in [-0.15, -0.1) is 0 Å². The van der Waals surface area contributed by atoms with Crippen LogP contribution in [0.2, 0.25) is 0 Å². The van der Waals surface area contributed by atoms with Crippen LogP contribution in [0.4, 0.5) is 17.2 Å². The van der Waals surface area contributed by atoms with Crippen LogP contribution in [0.5, 0.6) is 0 Å². The second kappa shape index (κ2) is 9.74. The van der Waals surface area contributed by atoms with Crippen molar-refractivity contribution in [1.29, 1.82) is 0 Å². The molecule has 2 aliphatic rings. The van der Waals surface area contributed by atoms with Crippen molar-refractivity contribution in [3.8, 4) is 11.3 Å². The summed E-state index contributed by atoms with van der Waals surface area (Å²) in [5.41, 5.74) is 3.27. The van der Waals surface area contributed by atoms with Crippen molar-refractivity contribution < 1.29 is 17.6 Å². The van der Waals surface area contributed by atoms with E-state index in [4.69, 9.17) is 19.1 Å². The predicted octanol–water partition coefficient (Wildman–Crippen LogP) is 5.98. The van der Waals surface area contributed by atoms with E-state index < -0.39 is 9.84 Å². The van der Waals surface area contributed by atoms with E-state index in [0.29, 0.717) is 40.7 Å². The van der Waals surface area contributed by atoms with Crippen molar-refractivity contribution in [2.24, 2.45) is 5.92 Å². The van der Waals surface area contributed by atoms with E-state index >= 15 is 0 Å². The average molecular weight is 536 g/mol. The summed E-state index contributed by atoms with van der Waals surface area (Å²) >= 11 is 0. The van der Waals surface area contributed by atoms with Gasteiger partial charge in [0.1, 0.15) is 34.9 Å². The predicted molar refractivity (Wildman–Crippen MR) is 148 cm³/mol. The monoisotopic (exact) mass is 535 g/mol. The van der Waals surface area contributed by atoms with Crippen LogP contribution < -0.4 is 10.6 Å². The number of furan rings is 1. The van der Waals surface area contributed by atoms with E-state index in [1.807, 2.05) is 38.1 Å². The molecule has 3 aromatic heterocycles. The van der Waals surface area contributed by atoms with Gasteiger partial charge in [0, 0.05) is 31.0 Å². The number of fused-ring (bicyclic) bond motifs is 1. The molecule has 200 valence electrons. The molecular formula is C28H33N5O4S. The Balaban J connectivity index is 1.44. The Morgan fingerprint density at radius 1 is 1.03 bits per heavy atom. The average Bonchev–Trinajstić information content (AvgIpc) is 3.52. The number of pyridine rings is 1. The molecule has 1 saturated heterocycles. The molecule has 2 N–H and O–H groups in total. The molecule has 0 spiro atoms. The van der Waals surface area contributed by atoms with Gasteiger partial charge in [-0.3, -0.25) is 4.57 Å². The quantitative estimate of drug-likeness (QED) is 0.284. The number of rotatable bonds is 8. The lowest BCUT2D eigenvalue weighted by Gasteiger charge is -2.25. The van der Waals surface area contributed by atoms with Gasteiger partial charge in [-0.25, -0.2) is 18.4 Å². The minimum Gasteiger partial charge on any atom is -0.461 e. The molecule has 0 amide bonds. The van der Waals surface area contributed by atoms with Gasteiger partial charge in [-0.2, -0.15) is 0 Å². The second-order valence-corrected chi connectivity index (χ2v) is 12.4. The third-order valence-electron chi connectivity index (χ3n) is 7.21. The first-order valence-corrected chi connectivity index (χ1v) is 15.1. The zero-order valence-corrected chi connectivity index (χ0v) is 22.8. The molecule has 1 aromatic carbocycles. The Kier molecular flexibility index (Phi) is 6.39. The molecule has 2 fully saturated rings. The molecular weight excluding hydrogens is 502 g/mol. The first-order chi connectivity index (χ1) is 18.3. The van der Waals surface area contributed by atoms with E-state index in [2.05, 4.69) is 15.2 Å². The first kappa shape index (κ1) is 24.9. The zero-order valence-electron chi connectivity index (χ0n) is 22.0. The van der Waals surface area contributed by atoms with Gasteiger partial charge in [-0.1, -0.05) is 0 Å². The summed E-state index contributed by atoms with van der Waals surface area (Å²) in [5.74, 6) is 3.60. The Bertz CT molecular complexity index is 1600. The highest BCUT2D eigenvalue weighted by Crippen LogP contribution is 2.37. The fraction of sp³-hybridized carbons (Fsp3) is 0.429. The van der Waals surface area contributed by atoms with E-state index in [0.717, 1.165) is 48.9 Å². The van der Waals surface area contributed by atoms with Crippen LogP contribution >= 0.6 is 0 Å². The molecule has 1 aliphatic heterocycles. The highest BCUT2D eigenvalue weighted by Gasteiger charge is 2.25. The van der Waals surface area contributed by atoms with Gasteiger partial charge in [0.15, 0.2) is 15.5 Å². The Hall–Kier alpha value is -3.37. The minimum absolute atomic E-state index is 0.115. The lowest BCUT2D eigenvalue weighted by molar-refractivity contribution is -0.0308. The fourth-order valence-corrected chi connectivity index (χ4v) is 5.88. The van der Waals surface area contributed by atoms with Gasteiger partial charge < -0.3 is 19.8 Å². The molecule has 0 radical (unpaired) electrons. The summed E-state index contributed by atoms with van der Waals surface area (Å²) in [6, 6.07) is 10.9. The van der Waals surface area contributed by atoms with Crippen molar-refractivity contribution in [2.45, 2.75) is 57.1 Å². The maximum Gasteiger partial charge on any atom is 0.177 e. The number of sulfone groups is 1. The molecule has 1 saturated carbocycles. The van der Waals surface area contributed by atoms with Crippen LogP contribution in [-0.2, 0) is 14.6 Å². The molecule has 1 aliphatic carbocycles. The van der Waals surface area contributed by atoms with Gasteiger partial charge >= 0.3 is 0 Å². The summed E-state index contributed by atoms with van der Waals surface area (Å²) in [6.07, 6.45) is 6.61. The van der Waals surface area contributed by atoms with Gasteiger partial charge in [-0.05, 0) is 82.2 Å². The van der Waals surface area contributed by atoms with Crippen LogP contribution in [0.1, 0.15) is 49.9 Å². The standard InChI is InChI=1S/C28H33N5O4S/c1-17-7-12-23(37-17)20-10-11-21(24(14-20)38(3,34)35)31-22-15-25(29-16-19-8-9-19)32-28-27(22)30-18(2)33(28)26-6-4-5-13-36-26/h7,10-12,14-15,19,26H,4-6,8-9,13,16H2,1-3H3,(H2,29,31,32). The van der Waals surface area contributed by atoms with Crippen LogP contribution in [0.25, 0.3) is 22.5 Å². The topological polar surface area (TPSA) is 111 Å². The van der Waals surface area contributed by atoms with E-state index in [-0.39, 0.29) is 11.1 Å². The third-order valence-corrected chi connectivity index (χ3v) is 8.35. The first-order valence-electron chi connectivity index (χ1n) is 13.2. The number of anilines is 3. The van der Waals surface area contributed by atoms with Crippen LogP contribution in [0.15, 0.2) is 45.7 Å². The van der Waals surface area contributed by atoms with E-state index in [1.165, 1.54) is 19.1 Å². The number of imidazole rings is 1. The lowest BCUT2D eigenvalue weighted by atomic mass is 10.1. The van der Waals surface area contributed by atoms with Crippen molar-refractivity contribution >= 4 is 38.2 Å². The molecule has 6 rings (SSSR count). The summed E-state index contributed by atoms with van der Waals surface area (Å²) in [4.78, 5) is 9.99. The number of hydrogen-bond donors (Lipinski definition) is 2.